The number of carbonyl (C=O) groups excluding carboxylic acids is 1. The lowest BCUT2D eigenvalue weighted by Gasteiger charge is -2.20. The zero-order valence-corrected chi connectivity index (χ0v) is 21.0. The Hall–Kier alpha value is -3.17. The maximum Gasteiger partial charge on any atom is 0.237 e. The van der Waals surface area contributed by atoms with Crippen molar-refractivity contribution in [2.45, 2.75) is 50.3 Å². The minimum atomic E-state index is -0.563. The van der Waals surface area contributed by atoms with Crippen molar-refractivity contribution in [3.63, 3.8) is 0 Å². The SMILES string of the molecule is COc1cc2ncnc(Nc3cccc(Cl)c3F)c2cc1O[C@@H]1C[C@@H](C(=O)NC2CCCC2)N(C)C1. The first-order valence-corrected chi connectivity index (χ1v) is 12.5. The number of ether oxygens (including phenoxy) is 2. The molecular weight excluding hydrogens is 485 g/mol. The molecule has 1 amide bonds. The number of rotatable bonds is 7. The Bertz CT molecular complexity index is 1270. The van der Waals surface area contributed by atoms with Gasteiger partial charge in [-0.3, -0.25) is 9.69 Å². The molecular formula is C26H29ClFN5O3. The predicted molar refractivity (Wildman–Crippen MR) is 137 cm³/mol. The molecule has 1 aromatic heterocycles. The molecule has 2 N–H and O–H groups in total. The van der Waals surface area contributed by atoms with Crippen LogP contribution in [0.5, 0.6) is 11.5 Å². The van der Waals surface area contributed by atoms with Gasteiger partial charge in [0.15, 0.2) is 17.3 Å². The molecule has 0 unspecified atom stereocenters. The Morgan fingerprint density at radius 3 is 2.78 bits per heavy atom. The molecule has 0 radical (unpaired) electrons. The van der Waals surface area contributed by atoms with E-state index in [2.05, 4.69) is 20.6 Å². The summed E-state index contributed by atoms with van der Waals surface area (Å²) in [5.74, 6) is 0.925. The first kappa shape index (κ1) is 24.5. The van der Waals surface area contributed by atoms with Crippen LogP contribution in [0.15, 0.2) is 36.7 Å². The van der Waals surface area contributed by atoms with E-state index in [9.17, 15) is 9.18 Å². The van der Waals surface area contributed by atoms with Crippen LogP contribution >= 0.6 is 11.6 Å². The van der Waals surface area contributed by atoms with Gasteiger partial charge in [-0.05, 0) is 38.1 Å². The fourth-order valence-electron chi connectivity index (χ4n) is 5.03. The van der Waals surface area contributed by atoms with Gasteiger partial charge in [0.05, 0.1) is 29.4 Å². The summed E-state index contributed by atoms with van der Waals surface area (Å²) >= 11 is 5.93. The van der Waals surface area contributed by atoms with Gasteiger partial charge in [0.25, 0.3) is 0 Å². The number of benzene rings is 2. The molecule has 1 aliphatic heterocycles. The van der Waals surface area contributed by atoms with E-state index in [1.165, 1.54) is 25.2 Å². The number of amides is 1. The Balaban J connectivity index is 1.37. The molecule has 8 nitrogen and oxygen atoms in total. The number of methoxy groups -OCH3 is 1. The molecule has 5 rings (SSSR count). The molecule has 0 bridgehead atoms. The first-order chi connectivity index (χ1) is 17.4. The molecule has 2 heterocycles. The van der Waals surface area contributed by atoms with Gasteiger partial charge in [0.2, 0.25) is 5.91 Å². The summed E-state index contributed by atoms with van der Waals surface area (Å²) in [6.45, 7) is 0.605. The van der Waals surface area contributed by atoms with Crippen molar-refractivity contribution in [1.82, 2.24) is 20.2 Å². The molecule has 2 aliphatic rings. The van der Waals surface area contributed by atoms with Crippen molar-refractivity contribution in [2.75, 3.05) is 26.0 Å². The summed E-state index contributed by atoms with van der Waals surface area (Å²) in [4.78, 5) is 23.5. The van der Waals surface area contributed by atoms with Crippen molar-refractivity contribution in [1.29, 1.82) is 0 Å². The second-order valence-electron chi connectivity index (χ2n) is 9.39. The second kappa shape index (κ2) is 10.4. The largest absolute Gasteiger partial charge is 0.493 e. The maximum absolute atomic E-state index is 14.5. The van der Waals surface area contributed by atoms with E-state index in [0.29, 0.717) is 41.2 Å². The predicted octanol–water partition coefficient (Wildman–Crippen LogP) is 4.68. The average molecular weight is 514 g/mol. The van der Waals surface area contributed by atoms with E-state index in [1.807, 2.05) is 11.9 Å². The number of halogens is 2. The van der Waals surface area contributed by atoms with Crippen LogP contribution in [-0.4, -0.2) is 59.7 Å². The minimum absolute atomic E-state index is 0.0147. The lowest BCUT2D eigenvalue weighted by molar-refractivity contribution is -0.125. The van der Waals surface area contributed by atoms with Crippen LogP contribution < -0.4 is 20.1 Å². The Labute approximate surface area is 214 Å². The third-order valence-corrected chi connectivity index (χ3v) is 7.22. The van der Waals surface area contributed by atoms with Gasteiger partial charge in [0, 0.05) is 30.5 Å². The summed E-state index contributed by atoms with van der Waals surface area (Å²) in [6.07, 6.45) is 6.20. The highest BCUT2D eigenvalue weighted by atomic mass is 35.5. The summed E-state index contributed by atoms with van der Waals surface area (Å²) in [5, 5.41) is 6.85. The number of likely N-dealkylation sites (N-methyl/N-ethyl adjacent to an activating group) is 1. The van der Waals surface area contributed by atoms with Crippen LogP contribution in [0.3, 0.4) is 0 Å². The molecule has 2 atom stereocenters. The van der Waals surface area contributed by atoms with Gasteiger partial charge in [-0.25, -0.2) is 14.4 Å². The molecule has 1 saturated carbocycles. The number of carbonyl (C=O) groups is 1. The number of anilines is 2. The standard InChI is InChI=1S/C26H29ClFN5O3/c1-33-13-16(10-21(33)26(34)31-15-6-3-4-7-15)36-23-11-17-20(12-22(23)35-2)29-14-30-25(17)32-19-9-5-8-18(27)24(19)28/h5,8-9,11-12,14-16,21H,3-4,6-7,10,13H2,1-2H3,(H,31,34)(H,29,30,32)/t16-,21+/m1/s1. The number of fused-ring (bicyclic) bond motifs is 1. The van der Waals surface area contributed by atoms with E-state index >= 15 is 0 Å². The molecule has 10 heteroatoms. The molecule has 190 valence electrons. The molecule has 2 fully saturated rings. The van der Waals surface area contributed by atoms with Crippen molar-refractivity contribution in [3.05, 3.63) is 47.5 Å². The van der Waals surface area contributed by atoms with Crippen molar-refractivity contribution in [2.24, 2.45) is 0 Å². The highest BCUT2D eigenvalue weighted by Gasteiger charge is 2.37. The number of likely N-dealkylation sites (tertiary alicyclic amines) is 1. The van der Waals surface area contributed by atoms with Crippen LogP contribution in [0.4, 0.5) is 15.9 Å². The Kier molecular flexibility index (Phi) is 7.11. The Morgan fingerprint density at radius 2 is 2.00 bits per heavy atom. The van der Waals surface area contributed by atoms with Gasteiger partial charge in [-0.1, -0.05) is 30.5 Å². The smallest absolute Gasteiger partial charge is 0.237 e. The number of aromatic nitrogens is 2. The van der Waals surface area contributed by atoms with Gasteiger partial charge in [0.1, 0.15) is 18.2 Å². The topological polar surface area (TPSA) is 88.6 Å². The average Bonchev–Trinajstić information content (AvgIpc) is 3.51. The van der Waals surface area contributed by atoms with Crippen molar-refractivity contribution >= 4 is 39.9 Å². The quantitative estimate of drug-likeness (QED) is 0.474. The molecule has 2 aromatic carbocycles. The van der Waals surface area contributed by atoms with Crippen LogP contribution in [0.25, 0.3) is 10.9 Å². The van der Waals surface area contributed by atoms with Crippen molar-refractivity contribution in [3.8, 4) is 11.5 Å². The maximum atomic E-state index is 14.5. The third-order valence-electron chi connectivity index (χ3n) is 6.93. The Morgan fingerprint density at radius 1 is 1.19 bits per heavy atom. The van der Waals surface area contributed by atoms with Gasteiger partial charge >= 0.3 is 0 Å². The van der Waals surface area contributed by atoms with E-state index in [0.717, 1.165) is 12.8 Å². The molecule has 1 saturated heterocycles. The van der Waals surface area contributed by atoms with Gasteiger partial charge < -0.3 is 20.1 Å². The number of nitrogens with one attached hydrogen (secondary N) is 2. The van der Waals surface area contributed by atoms with E-state index in [-0.39, 0.29) is 34.8 Å². The zero-order chi connectivity index (χ0) is 25.2. The van der Waals surface area contributed by atoms with Gasteiger partial charge in [-0.2, -0.15) is 0 Å². The van der Waals surface area contributed by atoms with Crippen LogP contribution in [0.1, 0.15) is 32.1 Å². The normalized spacial score (nSPS) is 20.6. The summed E-state index contributed by atoms with van der Waals surface area (Å²) in [6, 6.07) is 8.30. The van der Waals surface area contributed by atoms with E-state index in [4.69, 9.17) is 21.1 Å². The third kappa shape index (κ3) is 5.03. The first-order valence-electron chi connectivity index (χ1n) is 12.1. The number of nitrogens with zero attached hydrogens (tertiary/aromatic N) is 3. The fraction of sp³-hybridized carbons (Fsp3) is 0.423. The molecule has 3 aromatic rings. The van der Waals surface area contributed by atoms with Crippen molar-refractivity contribution < 1.29 is 18.7 Å². The molecule has 1 aliphatic carbocycles. The number of hydrogen-bond acceptors (Lipinski definition) is 7. The lowest BCUT2D eigenvalue weighted by Crippen LogP contribution is -2.44. The van der Waals surface area contributed by atoms with E-state index < -0.39 is 5.82 Å². The zero-order valence-electron chi connectivity index (χ0n) is 20.3. The number of hydrogen-bond donors (Lipinski definition) is 2. The summed E-state index contributed by atoms with van der Waals surface area (Å²) in [5.41, 5.74) is 0.811. The second-order valence-corrected chi connectivity index (χ2v) is 9.80. The summed E-state index contributed by atoms with van der Waals surface area (Å²) < 4.78 is 26.4. The van der Waals surface area contributed by atoms with Crippen LogP contribution in [0.2, 0.25) is 5.02 Å². The van der Waals surface area contributed by atoms with Crippen LogP contribution in [-0.2, 0) is 4.79 Å². The monoisotopic (exact) mass is 513 g/mol. The van der Waals surface area contributed by atoms with Crippen LogP contribution in [0, 0.1) is 5.82 Å². The molecule has 36 heavy (non-hydrogen) atoms. The molecule has 0 spiro atoms. The highest BCUT2D eigenvalue weighted by Crippen LogP contribution is 2.37. The van der Waals surface area contributed by atoms with Gasteiger partial charge in [-0.15, -0.1) is 0 Å². The fourth-order valence-corrected chi connectivity index (χ4v) is 5.21. The minimum Gasteiger partial charge on any atom is -0.493 e. The highest BCUT2D eigenvalue weighted by molar-refractivity contribution is 6.31. The lowest BCUT2D eigenvalue weighted by atomic mass is 10.1. The summed E-state index contributed by atoms with van der Waals surface area (Å²) in [7, 11) is 3.50. The van der Waals surface area contributed by atoms with E-state index in [1.54, 1.807) is 31.4 Å².